The van der Waals surface area contributed by atoms with E-state index in [9.17, 15) is 4.79 Å². The molecule has 0 rings (SSSR count). The zero-order valence-corrected chi connectivity index (χ0v) is 6.91. The second kappa shape index (κ2) is 6.59. The van der Waals surface area contributed by atoms with Crippen LogP contribution in [0.2, 0.25) is 0 Å². The van der Waals surface area contributed by atoms with Crippen LogP contribution in [0.25, 0.3) is 0 Å². The third kappa shape index (κ3) is 5.60. The van der Waals surface area contributed by atoms with Crippen molar-refractivity contribution in [1.82, 2.24) is 0 Å². The Bertz CT molecular complexity index is 150. The Balaban J connectivity index is 3.34. The number of hydrogen-bond donors (Lipinski definition) is 0. The van der Waals surface area contributed by atoms with Crippen LogP contribution in [-0.4, -0.2) is 17.5 Å². The van der Waals surface area contributed by atoms with Gasteiger partial charge in [-0.15, -0.1) is 0 Å². The van der Waals surface area contributed by atoms with Gasteiger partial charge in [-0.25, -0.2) is 4.99 Å². The minimum absolute atomic E-state index is 0.152. The van der Waals surface area contributed by atoms with Crippen molar-refractivity contribution in [3.05, 3.63) is 0 Å². The molecule has 0 spiro atoms. The number of unbranched alkanes of at least 4 members (excludes halogenated alkanes) is 1. The van der Waals surface area contributed by atoms with Crippen LogP contribution in [0.5, 0.6) is 0 Å². The van der Waals surface area contributed by atoms with Crippen molar-refractivity contribution in [2.24, 2.45) is 4.99 Å². The molecule has 10 heavy (non-hydrogen) atoms. The Morgan fingerprint density at radius 2 is 2.40 bits per heavy atom. The van der Waals surface area contributed by atoms with E-state index in [1.54, 1.807) is 0 Å². The Morgan fingerprint density at radius 3 is 2.90 bits per heavy atom. The van der Waals surface area contributed by atoms with Gasteiger partial charge in [0.2, 0.25) is 0 Å². The molecule has 2 nitrogen and oxygen atoms in total. The molecule has 0 saturated heterocycles. The Morgan fingerprint density at radius 1 is 1.70 bits per heavy atom. The monoisotopic (exact) mass is 157 g/mol. The summed E-state index contributed by atoms with van der Waals surface area (Å²) < 4.78 is 0. The summed E-state index contributed by atoms with van der Waals surface area (Å²) in [6.45, 7) is 2.26. The van der Waals surface area contributed by atoms with E-state index >= 15 is 0 Å². The largest absolute Gasteiger partial charge is 0.298 e. The van der Waals surface area contributed by atoms with Gasteiger partial charge in [-0.05, 0) is 18.6 Å². The molecule has 0 bridgehead atoms. The van der Waals surface area contributed by atoms with Crippen molar-refractivity contribution in [3.63, 3.8) is 0 Å². The molecule has 0 amide bonds. The average molecular weight is 157 g/mol. The summed E-state index contributed by atoms with van der Waals surface area (Å²) in [5, 5.41) is 2.16. The predicted octanol–water partition coefficient (Wildman–Crippen LogP) is 1.85. The summed E-state index contributed by atoms with van der Waals surface area (Å²) in [4.78, 5) is 14.3. The summed E-state index contributed by atoms with van der Waals surface area (Å²) in [5.41, 5.74) is 0. The van der Waals surface area contributed by atoms with E-state index < -0.39 is 0 Å². The van der Waals surface area contributed by atoms with Gasteiger partial charge in [0.1, 0.15) is 6.54 Å². The molecule has 0 heterocycles. The number of hydrogen-bond acceptors (Lipinski definition) is 3. The zero-order chi connectivity index (χ0) is 7.82. The van der Waals surface area contributed by atoms with Crippen molar-refractivity contribution in [3.8, 4) is 0 Å². The summed E-state index contributed by atoms with van der Waals surface area (Å²) >= 11 is 4.31. The fourth-order valence-electron chi connectivity index (χ4n) is 0.573. The first-order valence-electron chi connectivity index (χ1n) is 3.36. The SMILES string of the molecule is CCCCC(=O)CN=C=S. The van der Waals surface area contributed by atoms with Gasteiger partial charge in [0.15, 0.2) is 5.78 Å². The maximum Gasteiger partial charge on any atom is 0.155 e. The highest BCUT2D eigenvalue weighted by atomic mass is 32.1. The molecule has 0 aromatic carbocycles. The van der Waals surface area contributed by atoms with Crippen molar-refractivity contribution in [1.29, 1.82) is 0 Å². The number of isothiocyanates is 1. The lowest BCUT2D eigenvalue weighted by Gasteiger charge is -1.91. The number of carbonyl (C=O) groups excluding carboxylic acids is 1. The van der Waals surface area contributed by atoms with E-state index in [0.717, 1.165) is 12.8 Å². The van der Waals surface area contributed by atoms with Gasteiger partial charge in [-0.3, -0.25) is 4.79 Å². The van der Waals surface area contributed by atoms with Crippen LogP contribution in [0.3, 0.4) is 0 Å². The maximum atomic E-state index is 10.8. The van der Waals surface area contributed by atoms with E-state index in [0.29, 0.717) is 6.42 Å². The molecule has 0 aromatic heterocycles. The highest BCUT2D eigenvalue weighted by molar-refractivity contribution is 7.78. The molecule has 0 fully saturated rings. The van der Waals surface area contributed by atoms with Crippen molar-refractivity contribution in [2.45, 2.75) is 26.2 Å². The summed E-state index contributed by atoms with van der Waals surface area (Å²) in [5.74, 6) is 0.152. The van der Waals surface area contributed by atoms with E-state index in [1.807, 2.05) is 0 Å². The molecule has 0 aliphatic rings. The average Bonchev–Trinajstić information content (AvgIpc) is 1.97. The predicted molar refractivity (Wildman–Crippen MR) is 44.4 cm³/mol. The van der Waals surface area contributed by atoms with Crippen molar-refractivity contribution in [2.75, 3.05) is 6.54 Å². The maximum absolute atomic E-state index is 10.8. The van der Waals surface area contributed by atoms with Gasteiger partial charge in [-0.2, -0.15) is 0 Å². The van der Waals surface area contributed by atoms with E-state index in [-0.39, 0.29) is 12.3 Å². The molecule has 0 saturated carbocycles. The van der Waals surface area contributed by atoms with Gasteiger partial charge < -0.3 is 0 Å². The molecule has 3 heteroatoms. The number of aliphatic imine (C=N–C) groups is 1. The first-order chi connectivity index (χ1) is 4.81. The van der Waals surface area contributed by atoms with E-state index in [2.05, 4.69) is 29.3 Å². The molecule has 0 atom stereocenters. The van der Waals surface area contributed by atoms with Gasteiger partial charge in [0, 0.05) is 6.42 Å². The Kier molecular flexibility index (Phi) is 6.24. The Labute approximate surface area is 66.3 Å². The van der Waals surface area contributed by atoms with Gasteiger partial charge in [-0.1, -0.05) is 13.3 Å². The lowest BCUT2D eigenvalue weighted by molar-refractivity contribution is -0.117. The summed E-state index contributed by atoms with van der Waals surface area (Å²) in [7, 11) is 0. The number of thiocarbonyl (C=S) groups is 1. The fourth-order valence-corrected chi connectivity index (χ4v) is 0.638. The molecule has 0 aromatic rings. The highest BCUT2D eigenvalue weighted by Crippen LogP contribution is 1.94. The second-order valence-corrected chi connectivity index (χ2v) is 2.23. The standard InChI is InChI=1S/C7H11NOS/c1-2-3-4-7(9)5-8-6-10/h2-5H2,1H3. The molecule has 0 N–H and O–H groups in total. The Hall–Kier alpha value is -0.530. The van der Waals surface area contributed by atoms with Gasteiger partial charge in [0.25, 0.3) is 0 Å². The number of ketones is 1. The molecular formula is C7H11NOS. The van der Waals surface area contributed by atoms with Crippen molar-refractivity contribution < 1.29 is 4.79 Å². The van der Waals surface area contributed by atoms with Crippen molar-refractivity contribution >= 4 is 23.2 Å². The number of nitrogens with zero attached hydrogens (tertiary/aromatic N) is 1. The van der Waals surface area contributed by atoms with Crippen LogP contribution in [0, 0.1) is 0 Å². The topological polar surface area (TPSA) is 29.4 Å². The molecular weight excluding hydrogens is 146 g/mol. The zero-order valence-electron chi connectivity index (χ0n) is 6.09. The lowest BCUT2D eigenvalue weighted by Crippen LogP contribution is -2.00. The third-order valence-corrected chi connectivity index (χ3v) is 1.26. The number of Topliss-reactive ketones (excluding diaryl/α,β-unsaturated/α-hetero) is 1. The molecule has 0 radical (unpaired) electrons. The smallest absolute Gasteiger partial charge is 0.155 e. The molecule has 0 unspecified atom stereocenters. The third-order valence-electron chi connectivity index (χ3n) is 1.13. The lowest BCUT2D eigenvalue weighted by atomic mass is 10.2. The van der Waals surface area contributed by atoms with Crippen LogP contribution < -0.4 is 0 Å². The van der Waals surface area contributed by atoms with Crippen LogP contribution >= 0.6 is 12.2 Å². The van der Waals surface area contributed by atoms with E-state index in [1.165, 1.54) is 0 Å². The van der Waals surface area contributed by atoms with Crippen LogP contribution in [0.1, 0.15) is 26.2 Å². The summed E-state index contributed by atoms with van der Waals surface area (Å²) in [6, 6.07) is 0. The first kappa shape index (κ1) is 9.47. The second-order valence-electron chi connectivity index (χ2n) is 2.05. The molecule has 0 aliphatic carbocycles. The number of rotatable bonds is 5. The van der Waals surface area contributed by atoms with Gasteiger partial charge in [0.05, 0.1) is 5.16 Å². The quantitative estimate of drug-likeness (QED) is 0.450. The molecule has 56 valence electrons. The fraction of sp³-hybridized carbons (Fsp3) is 0.714. The van der Waals surface area contributed by atoms with Crippen LogP contribution in [0.15, 0.2) is 4.99 Å². The van der Waals surface area contributed by atoms with E-state index in [4.69, 9.17) is 0 Å². The van der Waals surface area contributed by atoms with Crippen LogP contribution in [0.4, 0.5) is 0 Å². The minimum Gasteiger partial charge on any atom is -0.298 e. The summed E-state index contributed by atoms with van der Waals surface area (Å²) in [6.07, 6.45) is 2.62. The number of carbonyl (C=O) groups is 1. The molecule has 0 aliphatic heterocycles. The normalized spacial score (nSPS) is 8.50. The first-order valence-corrected chi connectivity index (χ1v) is 3.77. The minimum atomic E-state index is 0.152. The van der Waals surface area contributed by atoms with Crippen LogP contribution in [-0.2, 0) is 4.79 Å². The highest BCUT2D eigenvalue weighted by Gasteiger charge is 1.96. The van der Waals surface area contributed by atoms with Gasteiger partial charge >= 0.3 is 0 Å².